The predicted molar refractivity (Wildman–Crippen MR) is 73.1 cm³/mol. The van der Waals surface area contributed by atoms with Crippen molar-refractivity contribution in [2.75, 3.05) is 11.9 Å². The Morgan fingerprint density at radius 2 is 2.09 bits per heavy atom. The zero-order valence-corrected chi connectivity index (χ0v) is 11.4. The summed E-state index contributed by atoms with van der Waals surface area (Å²) >= 11 is 0. The molecule has 0 radical (unpaired) electrons. The maximum atomic E-state index is 12.9. The molecule has 1 aromatic carbocycles. The van der Waals surface area contributed by atoms with Crippen LogP contribution in [0.25, 0.3) is 0 Å². The van der Waals surface area contributed by atoms with E-state index in [1.165, 1.54) is 18.4 Å². The van der Waals surface area contributed by atoms with E-state index in [4.69, 9.17) is 9.68 Å². The average Bonchev–Trinajstić information content (AvgIpc) is 2.98. The molecule has 2 N–H and O–H groups in total. The number of nitrogens with one attached hydrogen (secondary N) is 1. The summed E-state index contributed by atoms with van der Waals surface area (Å²) in [6, 6.07) is 7.76. The quantitative estimate of drug-likeness (QED) is 0.890. The molecule has 0 saturated heterocycles. The first-order chi connectivity index (χ1) is 10.4. The molecule has 4 nitrogen and oxygen atoms in total. The van der Waals surface area contributed by atoms with E-state index in [1.807, 2.05) is 0 Å². The van der Waals surface area contributed by atoms with Gasteiger partial charge in [0.25, 0.3) is 0 Å². The summed E-state index contributed by atoms with van der Waals surface area (Å²) in [6.07, 6.45) is -2.81. The number of hydrogen-bond acceptors (Lipinski definition) is 4. The van der Waals surface area contributed by atoms with Gasteiger partial charge in [0.1, 0.15) is 5.76 Å². The molecule has 116 valence electrons. The minimum atomic E-state index is -4.61. The number of nitrogens with zero attached hydrogens (tertiary/aromatic N) is 1. The third kappa shape index (κ3) is 3.80. The lowest BCUT2D eigenvalue weighted by Gasteiger charge is -2.18. The van der Waals surface area contributed by atoms with Crippen LogP contribution in [0.2, 0.25) is 0 Å². The van der Waals surface area contributed by atoms with Gasteiger partial charge in [0.15, 0.2) is 0 Å². The Morgan fingerprint density at radius 3 is 2.64 bits per heavy atom. The van der Waals surface area contributed by atoms with Crippen molar-refractivity contribution in [3.05, 3.63) is 53.5 Å². The van der Waals surface area contributed by atoms with Crippen LogP contribution < -0.4 is 5.32 Å². The molecule has 0 spiro atoms. The van der Waals surface area contributed by atoms with E-state index in [-0.39, 0.29) is 12.3 Å². The van der Waals surface area contributed by atoms with Gasteiger partial charge in [-0.05, 0) is 30.3 Å². The smallest absolute Gasteiger partial charge is 0.417 e. The Hall–Kier alpha value is -2.46. The van der Waals surface area contributed by atoms with Crippen LogP contribution in [0.5, 0.6) is 0 Å². The number of anilines is 1. The molecule has 22 heavy (non-hydrogen) atoms. The molecule has 2 aromatic rings. The van der Waals surface area contributed by atoms with Crippen molar-refractivity contribution in [3.63, 3.8) is 0 Å². The molecule has 0 aliphatic heterocycles. The van der Waals surface area contributed by atoms with Crippen molar-refractivity contribution in [1.29, 1.82) is 5.26 Å². The fraction of sp³-hybridized carbons (Fsp3) is 0.267. The minimum absolute atomic E-state index is 0.178. The molecule has 0 saturated carbocycles. The highest BCUT2D eigenvalue weighted by Gasteiger charge is 2.34. The number of rotatable bonds is 5. The molecule has 0 bridgehead atoms. The number of furan rings is 1. The molecule has 0 unspecified atom stereocenters. The van der Waals surface area contributed by atoms with Crippen LogP contribution in [0.15, 0.2) is 41.0 Å². The second-order valence-corrected chi connectivity index (χ2v) is 4.68. The molecule has 2 rings (SSSR count). The highest BCUT2D eigenvalue weighted by molar-refractivity contribution is 5.53. The van der Waals surface area contributed by atoms with Crippen LogP contribution in [-0.4, -0.2) is 17.8 Å². The lowest BCUT2D eigenvalue weighted by atomic mass is 10.1. The van der Waals surface area contributed by atoms with E-state index in [2.05, 4.69) is 5.32 Å². The summed E-state index contributed by atoms with van der Waals surface area (Å²) in [7, 11) is 0. The molecular weight excluding hydrogens is 297 g/mol. The van der Waals surface area contributed by atoms with Crippen LogP contribution in [0.4, 0.5) is 18.9 Å². The molecule has 1 atom stereocenters. The second kappa shape index (κ2) is 6.54. The van der Waals surface area contributed by atoms with Gasteiger partial charge in [-0.3, -0.25) is 0 Å². The third-order valence-corrected chi connectivity index (χ3v) is 3.06. The zero-order chi connectivity index (χ0) is 16.2. The molecule has 0 aliphatic carbocycles. The van der Waals surface area contributed by atoms with Gasteiger partial charge < -0.3 is 14.8 Å². The Labute approximate surface area is 124 Å². The van der Waals surface area contributed by atoms with Crippen molar-refractivity contribution in [3.8, 4) is 6.07 Å². The maximum Gasteiger partial charge on any atom is 0.417 e. The van der Waals surface area contributed by atoms with Crippen LogP contribution in [0, 0.1) is 11.3 Å². The molecule has 0 amide bonds. The normalized spacial score (nSPS) is 12.7. The second-order valence-electron chi connectivity index (χ2n) is 4.68. The molecular formula is C15H13F3N2O2. The van der Waals surface area contributed by atoms with Gasteiger partial charge in [-0.1, -0.05) is 0 Å². The largest absolute Gasteiger partial charge is 0.469 e. The number of aliphatic hydroxyl groups excluding tert-OH is 1. The van der Waals surface area contributed by atoms with Gasteiger partial charge in [0, 0.05) is 12.1 Å². The van der Waals surface area contributed by atoms with Crippen LogP contribution in [0.3, 0.4) is 0 Å². The van der Waals surface area contributed by atoms with E-state index in [9.17, 15) is 18.3 Å². The first-order valence-corrected chi connectivity index (χ1v) is 6.45. The summed E-state index contributed by atoms with van der Waals surface area (Å²) in [4.78, 5) is 0. The fourth-order valence-electron chi connectivity index (χ4n) is 2.03. The highest BCUT2D eigenvalue weighted by Crippen LogP contribution is 2.33. The van der Waals surface area contributed by atoms with E-state index in [1.54, 1.807) is 12.1 Å². The summed E-state index contributed by atoms with van der Waals surface area (Å²) in [6.45, 7) is -0.276. The topological polar surface area (TPSA) is 69.2 Å². The van der Waals surface area contributed by atoms with Crippen LogP contribution in [-0.2, 0) is 12.6 Å². The first kappa shape index (κ1) is 15.9. The predicted octanol–water partition coefficient (Wildman–Crippen LogP) is 3.19. The van der Waals surface area contributed by atoms with Crippen molar-refractivity contribution < 1.29 is 22.7 Å². The highest BCUT2D eigenvalue weighted by atomic mass is 19.4. The van der Waals surface area contributed by atoms with Crippen LogP contribution in [0.1, 0.15) is 16.9 Å². The maximum absolute atomic E-state index is 12.9. The van der Waals surface area contributed by atoms with Crippen molar-refractivity contribution in [2.45, 2.75) is 18.6 Å². The molecule has 1 aromatic heterocycles. The standard InChI is InChI=1S/C15H13F3N2O2/c16-15(17,18)14-7-11(4-3-10(14)8-19)20-12(9-21)6-13-2-1-5-22-13/h1-5,7,12,20-21H,6,9H2/t12-/m1/s1. The zero-order valence-electron chi connectivity index (χ0n) is 11.4. The van der Waals surface area contributed by atoms with Crippen LogP contribution >= 0.6 is 0 Å². The number of alkyl halides is 3. The monoisotopic (exact) mass is 310 g/mol. The summed E-state index contributed by atoms with van der Waals surface area (Å²) in [5.41, 5.74) is -1.27. The van der Waals surface area contributed by atoms with Gasteiger partial charge in [-0.2, -0.15) is 18.4 Å². The average molecular weight is 310 g/mol. The molecule has 7 heteroatoms. The van der Waals surface area contributed by atoms with E-state index >= 15 is 0 Å². The van der Waals surface area contributed by atoms with Crippen molar-refractivity contribution in [1.82, 2.24) is 0 Å². The van der Waals surface area contributed by atoms with E-state index in [0.717, 1.165) is 12.1 Å². The van der Waals surface area contributed by atoms with Crippen molar-refractivity contribution in [2.24, 2.45) is 0 Å². The summed E-state index contributed by atoms with van der Waals surface area (Å²) in [5.74, 6) is 0.608. The number of hydrogen-bond donors (Lipinski definition) is 2. The van der Waals surface area contributed by atoms with Gasteiger partial charge in [-0.25, -0.2) is 0 Å². The van der Waals surface area contributed by atoms with Gasteiger partial charge in [-0.15, -0.1) is 0 Å². The van der Waals surface area contributed by atoms with E-state index in [0.29, 0.717) is 12.2 Å². The third-order valence-electron chi connectivity index (χ3n) is 3.06. The molecule has 1 heterocycles. The van der Waals surface area contributed by atoms with E-state index < -0.39 is 23.3 Å². The van der Waals surface area contributed by atoms with Gasteiger partial charge >= 0.3 is 6.18 Å². The lowest BCUT2D eigenvalue weighted by Crippen LogP contribution is -2.26. The Kier molecular flexibility index (Phi) is 4.73. The summed E-state index contributed by atoms with van der Waals surface area (Å²) in [5, 5.41) is 20.9. The Morgan fingerprint density at radius 1 is 1.32 bits per heavy atom. The first-order valence-electron chi connectivity index (χ1n) is 6.45. The number of halogens is 3. The van der Waals surface area contributed by atoms with Gasteiger partial charge in [0.2, 0.25) is 0 Å². The van der Waals surface area contributed by atoms with Crippen molar-refractivity contribution >= 4 is 5.69 Å². The fourth-order valence-corrected chi connectivity index (χ4v) is 2.03. The molecule has 0 fully saturated rings. The number of aliphatic hydroxyl groups is 1. The number of benzene rings is 1. The Bertz CT molecular complexity index is 660. The SMILES string of the molecule is N#Cc1ccc(N[C@@H](CO)Cc2ccco2)cc1C(F)(F)F. The molecule has 0 aliphatic rings. The minimum Gasteiger partial charge on any atom is -0.469 e. The lowest BCUT2D eigenvalue weighted by molar-refractivity contribution is -0.137. The van der Waals surface area contributed by atoms with Gasteiger partial charge in [0.05, 0.1) is 36.1 Å². The number of nitriles is 1. The summed E-state index contributed by atoms with van der Waals surface area (Å²) < 4.78 is 43.8. The Balaban J connectivity index is 2.20.